The van der Waals surface area contributed by atoms with E-state index >= 15 is 0 Å². The molecule has 2 aliphatic heterocycles. The molecular weight excluding hydrogens is 936 g/mol. The number of alkyl halides is 1. The highest BCUT2D eigenvalue weighted by Crippen LogP contribution is 2.41. The van der Waals surface area contributed by atoms with Crippen LogP contribution in [0.3, 0.4) is 0 Å². The van der Waals surface area contributed by atoms with Gasteiger partial charge in [-0.15, -0.1) is 11.3 Å². The quantitative estimate of drug-likeness (QED) is 0.0861. The number of amides is 4. The molecule has 5 aromatic rings. The third-order valence-corrected chi connectivity index (χ3v) is 14.2. The molecule has 20 heteroatoms. The van der Waals surface area contributed by atoms with E-state index in [9.17, 15) is 33.5 Å². The third-order valence-electron chi connectivity index (χ3n) is 13.2. The van der Waals surface area contributed by atoms with Crippen molar-refractivity contribution in [2.24, 2.45) is 12.5 Å². The maximum absolute atomic E-state index is 14.7. The van der Waals surface area contributed by atoms with Crippen molar-refractivity contribution in [3.63, 3.8) is 0 Å². The van der Waals surface area contributed by atoms with Gasteiger partial charge in [0.25, 0.3) is 11.5 Å². The van der Waals surface area contributed by atoms with Gasteiger partial charge >= 0.3 is 0 Å². The number of methoxy groups -OCH3 is 2. The van der Waals surface area contributed by atoms with Crippen LogP contribution in [0.4, 0.5) is 4.39 Å². The minimum absolute atomic E-state index is 0.00990. The van der Waals surface area contributed by atoms with Gasteiger partial charge in [-0.3, -0.25) is 33.9 Å². The van der Waals surface area contributed by atoms with Crippen LogP contribution in [0.15, 0.2) is 65.3 Å². The second-order valence-electron chi connectivity index (χ2n) is 19.5. The van der Waals surface area contributed by atoms with Gasteiger partial charge in [-0.1, -0.05) is 32.9 Å². The van der Waals surface area contributed by atoms with Crippen molar-refractivity contribution < 1.29 is 47.6 Å². The highest BCUT2D eigenvalue weighted by atomic mass is 32.1. The third kappa shape index (κ3) is 11.4. The number of hydrogen-bond donors (Lipinski definition) is 4. The first-order chi connectivity index (χ1) is 33.9. The Morgan fingerprint density at radius 2 is 1.73 bits per heavy atom. The molecule has 3 atom stereocenters. The lowest BCUT2D eigenvalue weighted by atomic mass is 9.85. The Morgan fingerprint density at radius 3 is 2.42 bits per heavy atom. The highest BCUT2D eigenvalue weighted by Gasteiger charge is 2.53. The fraction of sp³-hybridized carbons (Fsp3) is 0.471. The van der Waals surface area contributed by atoms with Gasteiger partial charge in [-0.2, -0.15) is 0 Å². The number of aliphatic hydroxyl groups is 1. The van der Waals surface area contributed by atoms with E-state index in [0.29, 0.717) is 47.8 Å². The van der Waals surface area contributed by atoms with Gasteiger partial charge in [-0.05, 0) is 60.4 Å². The van der Waals surface area contributed by atoms with Crippen LogP contribution < -0.4 is 35.7 Å². The second kappa shape index (κ2) is 21.1. The monoisotopic (exact) mass is 996 g/mol. The van der Waals surface area contributed by atoms with Crippen LogP contribution in [-0.4, -0.2) is 137 Å². The Balaban J connectivity index is 0.834. The number of β-amino-alcohol motifs (C(OH)–C–C–N with tert-alkyl or cyclic N) is 1. The first-order valence-electron chi connectivity index (χ1n) is 23.6. The van der Waals surface area contributed by atoms with Crippen LogP contribution in [-0.2, 0) is 44.1 Å². The lowest BCUT2D eigenvalue weighted by molar-refractivity contribution is -0.145. The smallest absolute Gasteiger partial charge is 0.259 e. The van der Waals surface area contributed by atoms with Gasteiger partial charge in [0.1, 0.15) is 42.5 Å². The second-order valence-corrected chi connectivity index (χ2v) is 20.4. The number of carbonyl (C=O) groups is 4. The van der Waals surface area contributed by atoms with Crippen molar-refractivity contribution in [2.75, 3.05) is 53.7 Å². The summed E-state index contributed by atoms with van der Waals surface area (Å²) in [5, 5.41) is 20.4. The number of aryl methyl sites for hydroxylation is 2. The number of likely N-dealkylation sites (tertiary alicyclic amines) is 2. The van der Waals surface area contributed by atoms with Crippen molar-refractivity contribution in [1.82, 2.24) is 40.3 Å². The number of halogens is 1. The molecule has 5 heterocycles. The fourth-order valence-electron chi connectivity index (χ4n) is 9.07. The Labute approximate surface area is 414 Å². The number of ether oxygens (including phenoxy) is 4. The molecule has 2 saturated heterocycles. The maximum atomic E-state index is 14.7. The van der Waals surface area contributed by atoms with Crippen LogP contribution in [0.2, 0.25) is 0 Å². The van der Waals surface area contributed by atoms with Gasteiger partial charge in [0.15, 0.2) is 5.67 Å². The molecule has 0 radical (unpaired) electrons. The predicted molar refractivity (Wildman–Crippen MR) is 264 cm³/mol. The molecular formula is C51H61FN8O10S. The number of rotatable bonds is 19. The van der Waals surface area contributed by atoms with Crippen molar-refractivity contribution in [3.05, 3.63) is 87.7 Å². The van der Waals surface area contributed by atoms with E-state index in [1.807, 2.05) is 43.3 Å². The molecule has 0 bridgehead atoms. The molecule has 1 saturated carbocycles. The Morgan fingerprint density at radius 1 is 0.972 bits per heavy atom. The van der Waals surface area contributed by atoms with Crippen LogP contribution in [0.5, 0.6) is 17.2 Å². The first kappa shape index (κ1) is 50.9. The zero-order chi connectivity index (χ0) is 50.8. The maximum Gasteiger partial charge on any atom is 0.259 e. The molecule has 2 aromatic carbocycles. The number of thiazole rings is 1. The minimum Gasteiger partial charge on any atom is -0.496 e. The molecule has 3 aromatic heterocycles. The standard InChI is InChI=1S/C51H61FN8O10S/c1-29-44(71-28-55-29)30-8-9-31(20-54-46(63)39-18-34(61)25-60(39)48(65)45(50(2,3)4)57-49(66)51(52)11-12-51)41(16-30)70-15-14-69-27-43(62)56-33-23-59(24-33)22-32-17-42(68-7)36(19-40(32)67-6)38-26-58(5)47(64)37-21-53-13-10-35(37)38/h8-10,13,16-17,19,21,26,28,33-34,39,45,61H,11-12,14-15,18,20,22-25,27H2,1-7H3,(H,54,63)(H,56,62)(H,57,66). The lowest BCUT2D eigenvalue weighted by Crippen LogP contribution is -2.59. The van der Waals surface area contributed by atoms with Crippen molar-refractivity contribution in [1.29, 1.82) is 0 Å². The summed E-state index contributed by atoms with van der Waals surface area (Å²) in [4.78, 5) is 79.1. The number of benzene rings is 2. The zero-order valence-corrected chi connectivity index (χ0v) is 41.8. The van der Waals surface area contributed by atoms with Gasteiger partial charge in [0.2, 0.25) is 17.7 Å². The van der Waals surface area contributed by atoms with E-state index in [1.54, 1.807) is 66.1 Å². The van der Waals surface area contributed by atoms with Crippen molar-refractivity contribution in [2.45, 2.75) is 89.9 Å². The number of hydrogen-bond acceptors (Lipinski definition) is 14. The topological polar surface area (TPSA) is 216 Å². The molecule has 3 fully saturated rings. The van der Waals surface area contributed by atoms with E-state index in [4.69, 9.17) is 18.9 Å². The number of aromatic nitrogens is 3. The molecule has 4 N–H and O–H groups in total. The first-order valence-corrected chi connectivity index (χ1v) is 24.5. The Hall–Kier alpha value is -6.48. The van der Waals surface area contributed by atoms with Crippen LogP contribution in [0.25, 0.3) is 32.3 Å². The average Bonchev–Trinajstić information content (AvgIpc) is 3.74. The van der Waals surface area contributed by atoms with E-state index in [0.717, 1.165) is 38.2 Å². The number of nitrogens with zero attached hydrogens (tertiary/aromatic N) is 5. The van der Waals surface area contributed by atoms with Crippen LogP contribution in [0.1, 0.15) is 56.9 Å². The molecule has 71 heavy (non-hydrogen) atoms. The van der Waals surface area contributed by atoms with Gasteiger partial charge in [0, 0.05) is 87.0 Å². The lowest BCUT2D eigenvalue weighted by Gasteiger charge is -2.39. The summed E-state index contributed by atoms with van der Waals surface area (Å²) in [6.45, 7) is 8.84. The van der Waals surface area contributed by atoms with E-state index in [1.165, 1.54) is 20.8 Å². The summed E-state index contributed by atoms with van der Waals surface area (Å²) in [5.41, 5.74) is 3.64. The van der Waals surface area contributed by atoms with E-state index in [2.05, 4.69) is 30.8 Å². The fourth-order valence-corrected chi connectivity index (χ4v) is 9.87. The summed E-state index contributed by atoms with van der Waals surface area (Å²) in [6.07, 6.45) is 4.20. The van der Waals surface area contributed by atoms with Gasteiger partial charge < -0.3 is 49.5 Å². The van der Waals surface area contributed by atoms with Crippen molar-refractivity contribution in [3.8, 4) is 38.8 Å². The zero-order valence-electron chi connectivity index (χ0n) is 41.0. The SMILES string of the molecule is COc1cc(-c2cn(C)c(=O)c3cnccc23)c(OC)cc1CN1CC(NC(=O)COCCOc2cc(-c3scnc3C)ccc2CNC(=O)C2CC(O)CN2C(=O)C(NC(=O)C2(F)CC2)C(C)(C)C)C1. The summed E-state index contributed by atoms with van der Waals surface area (Å²) in [5.74, 6) is -0.435. The molecule has 8 rings (SSSR count). The number of carbonyl (C=O) groups excluding carboxylic acids is 4. The molecule has 3 aliphatic rings. The summed E-state index contributed by atoms with van der Waals surface area (Å²) >= 11 is 1.48. The minimum atomic E-state index is -1.99. The largest absolute Gasteiger partial charge is 0.496 e. The van der Waals surface area contributed by atoms with E-state index in [-0.39, 0.29) is 69.7 Å². The van der Waals surface area contributed by atoms with Crippen LogP contribution in [0, 0.1) is 12.3 Å². The predicted octanol–water partition coefficient (Wildman–Crippen LogP) is 4.06. The molecule has 4 amide bonds. The number of aliphatic hydroxyl groups excluding tert-OH is 1. The summed E-state index contributed by atoms with van der Waals surface area (Å²) in [6, 6.07) is 9.03. The Kier molecular flexibility index (Phi) is 15.1. The molecule has 3 unspecified atom stereocenters. The molecule has 378 valence electrons. The van der Waals surface area contributed by atoms with Gasteiger partial charge in [0.05, 0.1) is 54.4 Å². The summed E-state index contributed by atoms with van der Waals surface area (Å²) in [7, 11) is 4.92. The summed E-state index contributed by atoms with van der Waals surface area (Å²) < 4.78 is 39.8. The molecule has 1 aliphatic carbocycles. The average molecular weight is 997 g/mol. The number of fused-ring (bicyclic) bond motifs is 1. The number of pyridine rings is 2. The highest BCUT2D eigenvalue weighted by molar-refractivity contribution is 7.13. The number of nitrogens with one attached hydrogen (secondary N) is 3. The van der Waals surface area contributed by atoms with E-state index < -0.39 is 47.0 Å². The normalized spacial score (nSPS) is 18.1. The van der Waals surface area contributed by atoms with Gasteiger partial charge in [-0.25, -0.2) is 9.37 Å². The van der Waals surface area contributed by atoms with Crippen LogP contribution >= 0.6 is 11.3 Å². The molecule has 0 spiro atoms. The van der Waals surface area contributed by atoms with Crippen molar-refractivity contribution >= 4 is 45.7 Å². The molecule has 18 nitrogen and oxygen atoms in total. The Bertz CT molecular complexity index is 2870.